The van der Waals surface area contributed by atoms with Gasteiger partial charge in [0.25, 0.3) is 0 Å². The molecule has 0 aliphatic carbocycles. The average molecular weight is 324 g/mol. The summed E-state index contributed by atoms with van der Waals surface area (Å²) in [6, 6.07) is 6.41. The van der Waals surface area contributed by atoms with Crippen molar-refractivity contribution in [3.8, 4) is 0 Å². The highest BCUT2D eigenvalue weighted by Gasteiger charge is 2.21. The first kappa shape index (κ1) is 16.7. The number of morpholine rings is 1. The van der Waals surface area contributed by atoms with Crippen LogP contribution in [-0.2, 0) is 19.6 Å². The molecule has 1 heterocycles. The molecule has 1 aliphatic heterocycles. The highest BCUT2D eigenvalue weighted by molar-refractivity contribution is 7.89. The van der Waals surface area contributed by atoms with Crippen LogP contribution in [0, 0.1) is 0 Å². The third-order valence-corrected chi connectivity index (χ3v) is 4.96. The maximum Gasteiger partial charge on any atom is 0.246 e. The van der Waals surface area contributed by atoms with Gasteiger partial charge in [0.05, 0.1) is 24.2 Å². The van der Waals surface area contributed by atoms with Crippen molar-refractivity contribution in [1.82, 2.24) is 9.62 Å². The van der Waals surface area contributed by atoms with E-state index in [-0.39, 0.29) is 16.8 Å². The Bertz CT molecular complexity index is 653. The van der Waals surface area contributed by atoms with Crippen molar-refractivity contribution in [2.45, 2.75) is 17.9 Å². The monoisotopic (exact) mass is 324 g/mol. The zero-order chi connectivity index (χ0) is 16.2. The van der Waals surface area contributed by atoms with Gasteiger partial charge >= 0.3 is 0 Å². The standard InChI is InChI=1S/C15H20N2O4S/c1-12-11-21-10-9-17(12)15(18)8-5-13-3-6-14(7-4-13)22(19,20)16-2/h3-8,12,16H,9-11H2,1-2H3/b8-5+. The molecule has 6 nitrogen and oxygen atoms in total. The van der Waals surface area contributed by atoms with E-state index in [0.717, 1.165) is 5.56 Å². The van der Waals surface area contributed by atoms with Crippen LogP contribution in [0.15, 0.2) is 35.2 Å². The van der Waals surface area contributed by atoms with E-state index in [1.54, 1.807) is 23.1 Å². The maximum absolute atomic E-state index is 12.1. The maximum atomic E-state index is 12.1. The van der Waals surface area contributed by atoms with Crippen molar-refractivity contribution in [2.75, 3.05) is 26.8 Å². The molecular formula is C15H20N2O4S. The molecule has 0 spiro atoms. The topological polar surface area (TPSA) is 75.7 Å². The molecule has 1 aromatic carbocycles. The summed E-state index contributed by atoms with van der Waals surface area (Å²) in [5.41, 5.74) is 0.768. The van der Waals surface area contributed by atoms with Crippen LogP contribution in [0.4, 0.5) is 0 Å². The van der Waals surface area contributed by atoms with Crippen molar-refractivity contribution >= 4 is 22.0 Å². The number of carbonyl (C=O) groups excluding carboxylic acids is 1. The zero-order valence-corrected chi connectivity index (χ0v) is 13.5. The van der Waals surface area contributed by atoms with E-state index in [4.69, 9.17) is 4.74 Å². The van der Waals surface area contributed by atoms with E-state index in [2.05, 4.69) is 4.72 Å². The van der Waals surface area contributed by atoms with Crippen LogP contribution in [0.1, 0.15) is 12.5 Å². The summed E-state index contributed by atoms with van der Waals surface area (Å²) in [6.45, 7) is 3.64. The largest absolute Gasteiger partial charge is 0.377 e. The van der Waals surface area contributed by atoms with E-state index in [1.165, 1.54) is 25.3 Å². The zero-order valence-electron chi connectivity index (χ0n) is 12.7. The lowest BCUT2D eigenvalue weighted by molar-refractivity contribution is -0.133. The Morgan fingerprint density at radius 1 is 1.36 bits per heavy atom. The first-order chi connectivity index (χ1) is 10.4. The Hall–Kier alpha value is -1.70. The molecule has 2 rings (SSSR count). The molecule has 1 aliphatic rings. The number of hydrogen-bond acceptors (Lipinski definition) is 4. The van der Waals surface area contributed by atoms with Gasteiger partial charge < -0.3 is 9.64 Å². The first-order valence-corrected chi connectivity index (χ1v) is 8.52. The van der Waals surface area contributed by atoms with E-state index < -0.39 is 10.0 Å². The second-order valence-corrected chi connectivity index (χ2v) is 6.95. The average Bonchev–Trinajstić information content (AvgIpc) is 2.53. The molecule has 0 radical (unpaired) electrons. The Kier molecular flexibility index (Phi) is 5.33. The van der Waals surface area contributed by atoms with Crippen LogP contribution < -0.4 is 4.72 Å². The van der Waals surface area contributed by atoms with Crippen LogP contribution in [0.3, 0.4) is 0 Å². The lowest BCUT2D eigenvalue weighted by Crippen LogP contribution is -2.46. The number of carbonyl (C=O) groups is 1. The molecule has 1 aromatic rings. The van der Waals surface area contributed by atoms with Gasteiger partial charge in [-0.25, -0.2) is 13.1 Å². The van der Waals surface area contributed by atoms with E-state index >= 15 is 0 Å². The second kappa shape index (κ2) is 7.04. The number of benzene rings is 1. The molecule has 22 heavy (non-hydrogen) atoms. The van der Waals surface area contributed by atoms with Gasteiger partial charge in [-0.1, -0.05) is 12.1 Å². The summed E-state index contributed by atoms with van der Waals surface area (Å²) in [5.74, 6) is -0.0669. The number of nitrogens with one attached hydrogen (secondary N) is 1. The summed E-state index contributed by atoms with van der Waals surface area (Å²) in [5, 5.41) is 0. The van der Waals surface area contributed by atoms with Crippen molar-refractivity contribution in [1.29, 1.82) is 0 Å². The molecule has 1 amide bonds. The molecule has 0 bridgehead atoms. The molecule has 1 unspecified atom stereocenters. The fourth-order valence-corrected chi connectivity index (χ4v) is 2.92. The van der Waals surface area contributed by atoms with Crippen LogP contribution in [0.2, 0.25) is 0 Å². The Balaban J connectivity index is 2.05. The predicted molar refractivity (Wildman–Crippen MR) is 83.7 cm³/mol. The number of hydrogen-bond donors (Lipinski definition) is 1. The van der Waals surface area contributed by atoms with Gasteiger partial charge in [0.2, 0.25) is 15.9 Å². The minimum absolute atomic E-state index is 0.0639. The van der Waals surface area contributed by atoms with Gasteiger partial charge in [-0.15, -0.1) is 0 Å². The first-order valence-electron chi connectivity index (χ1n) is 7.04. The number of amides is 1. The fraction of sp³-hybridized carbons (Fsp3) is 0.400. The molecule has 0 aromatic heterocycles. The number of rotatable bonds is 4. The third-order valence-electron chi connectivity index (χ3n) is 3.53. The number of sulfonamides is 1. The van der Waals surface area contributed by atoms with Crippen molar-refractivity contribution in [3.05, 3.63) is 35.9 Å². The van der Waals surface area contributed by atoms with Crippen LogP contribution in [-0.4, -0.2) is 52.1 Å². The lowest BCUT2D eigenvalue weighted by atomic mass is 10.2. The van der Waals surface area contributed by atoms with Gasteiger partial charge in [0.15, 0.2) is 0 Å². The predicted octanol–water partition coefficient (Wildman–Crippen LogP) is 0.855. The van der Waals surface area contributed by atoms with Gasteiger partial charge in [-0.3, -0.25) is 4.79 Å². The Morgan fingerprint density at radius 2 is 2.05 bits per heavy atom. The third kappa shape index (κ3) is 3.94. The Morgan fingerprint density at radius 3 is 2.64 bits per heavy atom. The quantitative estimate of drug-likeness (QED) is 0.833. The molecule has 0 saturated carbocycles. The summed E-state index contributed by atoms with van der Waals surface area (Å²) in [6.07, 6.45) is 3.18. The summed E-state index contributed by atoms with van der Waals surface area (Å²) in [4.78, 5) is 14.1. The van der Waals surface area contributed by atoms with Gasteiger partial charge in [-0.2, -0.15) is 0 Å². The minimum atomic E-state index is -3.43. The molecular weight excluding hydrogens is 304 g/mol. The number of nitrogens with zero attached hydrogens (tertiary/aromatic N) is 1. The van der Waals surface area contributed by atoms with Crippen LogP contribution in [0.5, 0.6) is 0 Å². The van der Waals surface area contributed by atoms with E-state index in [0.29, 0.717) is 19.8 Å². The highest BCUT2D eigenvalue weighted by atomic mass is 32.2. The normalized spacial score (nSPS) is 19.5. The van der Waals surface area contributed by atoms with Gasteiger partial charge in [0, 0.05) is 12.6 Å². The summed E-state index contributed by atoms with van der Waals surface area (Å²) >= 11 is 0. The Labute approximate surface area is 130 Å². The summed E-state index contributed by atoms with van der Waals surface area (Å²) in [7, 11) is -2.07. The molecule has 7 heteroatoms. The highest BCUT2D eigenvalue weighted by Crippen LogP contribution is 2.12. The molecule has 1 atom stereocenters. The summed E-state index contributed by atoms with van der Waals surface area (Å²) < 4.78 is 30.8. The lowest BCUT2D eigenvalue weighted by Gasteiger charge is -2.32. The minimum Gasteiger partial charge on any atom is -0.377 e. The second-order valence-electron chi connectivity index (χ2n) is 5.07. The SMILES string of the molecule is CNS(=O)(=O)c1ccc(/C=C/C(=O)N2CCOCC2C)cc1. The van der Waals surface area contributed by atoms with Crippen LogP contribution >= 0.6 is 0 Å². The van der Waals surface area contributed by atoms with Gasteiger partial charge in [-0.05, 0) is 37.7 Å². The van der Waals surface area contributed by atoms with Crippen molar-refractivity contribution < 1.29 is 17.9 Å². The molecule has 1 N–H and O–H groups in total. The smallest absolute Gasteiger partial charge is 0.246 e. The van der Waals surface area contributed by atoms with Crippen molar-refractivity contribution in [2.24, 2.45) is 0 Å². The molecule has 1 saturated heterocycles. The number of ether oxygens (including phenoxy) is 1. The van der Waals surface area contributed by atoms with Gasteiger partial charge in [0.1, 0.15) is 0 Å². The van der Waals surface area contributed by atoms with Crippen LogP contribution in [0.25, 0.3) is 6.08 Å². The molecule has 1 fully saturated rings. The van der Waals surface area contributed by atoms with E-state index in [9.17, 15) is 13.2 Å². The fourth-order valence-electron chi connectivity index (χ4n) is 2.19. The molecule has 120 valence electrons. The van der Waals surface area contributed by atoms with Crippen molar-refractivity contribution in [3.63, 3.8) is 0 Å². The van der Waals surface area contributed by atoms with E-state index in [1.807, 2.05) is 6.92 Å².